The Morgan fingerprint density at radius 3 is 2.78 bits per heavy atom. The Balaban J connectivity index is 2.51. The van der Waals surface area contributed by atoms with E-state index in [4.69, 9.17) is 5.11 Å². The molecule has 0 aromatic heterocycles. The molecule has 0 amide bonds. The van der Waals surface area contributed by atoms with E-state index in [1.54, 1.807) is 0 Å². The summed E-state index contributed by atoms with van der Waals surface area (Å²) in [6.45, 7) is 1.92. The first-order valence-corrected chi connectivity index (χ1v) is 3.42. The number of aliphatic hydroxyl groups is 1. The predicted octanol–water partition coefficient (Wildman–Crippen LogP) is 0.736. The van der Waals surface area contributed by atoms with Crippen LogP contribution >= 0.6 is 0 Å². The fraction of sp³-hybridized carbons (Fsp3) is 0.857. The van der Waals surface area contributed by atoms with Crippen molar-refractivity contribution in [3.63, 3.8) is 0 Å². The van der Waals surface area contributed by atoms with Crippen molar-refractivity contribution in [3.8, 4) is 0 Å². The highest BCUT2D eigenvalue weighted by Crippen LogP contribution is 2.20. The zero-order valence-corrected chi connectivity index (χ0v) is 5.63. The maximum atomic E-state index is 10.8. The Kier molecular flexibility index (Phi) is 1.86. The van der Waals surface area contributed by atoms with Gasteiger partial charge in [-0.25, -0.2) is 0 Å². The Labute approximate surface area is 54.9 Å². The molecule has 2 unspecified atom stereocenters. The molecule has 0 bridgehead atoms. The number of hydrogen-bond acceptors (Lipinski definition) is 2. The number of carbonyl (C=O) groups excluding carboxylic acids is 1. The molecule has 1 saturated carbocycles. The van der Waals surface area contributed by atoms with Crippen molar-refractivity contribution in [1.82, 2.24) is 0 Å². The molecule has 1 aliphatic carbocycles. The summed E-state index contributed by atoms with van der Waals surface area (Å²) in [6.07, 6.45) is 1.86. The molecule has 2 heteroatoms. The second-order valence-electron chi connectivity index (χ2n) is 2.78. The molecule has 9 heavy (non-hydrogen) atoms. The molecule has 1 rings (SSSR count). The summed E-state index contributed by atoms with van der Waals surface area (Å²) < 4.78 is 0. The number of ketones is 1. The van der Waals surface area contributed by atoms with Gasteiger partial charge >= 0.3 is 0 Å². The van der Waals surface area contributed by atoms with Gasteiger partial charge in [0.2, 0.25) is 0 Å². The molecule has 1 N–H and O–H groups in total. The van der Waals surface area contributed by atoms with Gasteiger partial charge in [0.05, 0.1) is 0 Å². The maximum Gasteiger partial charge on any atom is 0.161 e. The highest BCUT2D eigenvalue weighted by atomic mass is 16.3. The average Bonchev–Trinajstić information content (AvgIpc) is 1.83. The standard InChI is InChI=1S/C7H12O2/c1-5-3-2-4-6(8)7(5)9/h5,7,9H,2-4H2,1H3. The van der Waals surface area contributed by atoms with Crippen molar-refractivity contribution < 1.29 is 9.90 Å². The minimum Gasteiger partial charge on any atom is -0.385 e. The van der Waals surface area contributed by atoms with Crippen molar-refractivity contribution in [2.75, 3.05) is 0 Å². The normalized spacial score (nSPS) is 36.9. The molecular formula is C7H12O2. The molecule has 2 atom stereocenters. The molecule has 0 aliphatic heterocycles. The van der Waals surface area contributed by atoms with Crippen LogP contribution in [-0.4, -0.2) is 17.0 Å². The number of carbonyl (C=O) groups is 1. The van der Waals surface area contributed by atoms with Gasteiger partial charge in [0.15, 0.2) is 5.78 Å². The first-order valence-electron chi connectivity index (χ1n) is 3.42. The van der Waals surface area contributed by atoms with E-state index in [2.05, 4.69) is 0 Å². The molecule has 0 aromatic rings. The summed E-state index contributed by atoms with van der Waals surface area (Å²) in [4.78, 5) is 10.8. The molecule has 0 radical (unpaired) electrons. The van der Waals surface area contributed by atoms with Crippen LogP contribution in [0.5, 0.6) is 0 Å². The fourth-order valence-electron chi connectivity index (χ4n) is 1.22. The third-order valence-corrected chi connectivity index (χ3v) is 1.95. The van der Waals surface area contributed by atoms with E-state index < -0.39 is 6.10 Å². The van der Waals surface area contributed by atoms with Crippen molar-refractivity contribution in [1.29, 1.82) is 0 Å². The average molecular weight is 128 g/mol. The zero-order valence-electron chi connectivity index (χ0n) is 5.63. The largest absolute Gasteiger partial charge is 0.385 e. The van der Waals surface area contributed by atoms with Crippen molar-refractivity contribution in [2.24, 2.45) is 5.92 Å². The second-order valence-corrected chi connectivity index (χ2v) is 2.78. The molecule has 1 fully saturated rings. The lowest BCUT2D eigenvalue weighted by Crippen LogP contribution is -2.31. The van der Waals surface area contributed by atoms with Crippen molar-refractivity contribution in [3.05, 3.63) is 0 Å². The quantitative estimate of drug-likeness (QED) is 0.522. The monoisotopic (exact) mass is 128 g/mol. The smallest absolute Gasteiger partial charge is 0.161 e. The van der Waals surface area contributed by atoms with E-state index in [9.17, 15) is 4.79 Å². The van der Waals surface area contributed by atoms with Gasteiger partial charge in [0.1, 0.15) is 6.10 Å². The summed E-state index contributed by atoms with van der Waals surface area (Å²) in [5.74, 6) is 0.208. The van der Waals surface area contributed by atoms with E-state index in [-0.39, 0.29) is 11.7 Å². The van der Waals surface area contributed by atoms with Crippen LogP contribution in [0.1, 0.15) is 26.2 Å². The summed E-state index contributed by atoms with van der Waals surface area (Å²) >= 11 is 0. The maximum absolute atomic E-state index is 10.8. The predicted molar refractivity (Wildman–Crippen MR) is 34.0 cm³/mol. The number of Topliss-reactive ketones (excluding diaryl/α,β-unsaturated/α-hetero) is 1. The Bertz CT molecular complexity index is 120. The zero-order chi connectivity index (χ0) is 6.85. The van der Waals surface area contributed by atoms with E-state index in [1.807, 2.05) is 6.92 Å². The van der Waals surface area contributed by atoms with Crippen LogP contribution in [0.15, 0.2) is 0 Å². The molecular weight excluding hydrogens is 116 g/mol. The number of aliphatic hydroxyl groups excluding tert-OH is 1. The Morgan fingerprint density at radius 2 is 2.33 bits per heavy atom. The van der Waals surface area contributed by atoms with E-state index >= 15 is 0 Å². The Hall–Kier alpha value is -0.370. The fourth-order valence-corrected chi connectivity index (χ4v) is 1.22. The third kappa shape index (κ3) is 1.30. The van der Waals surface area contributed by atoms with Crippen LogP contribution in [0.3, 0.4) is 0 Å². The van der Waals surface area contributed by atoms with Gasteiger partial charge in [-0.2, -0.15) is 0 Å². The summed E-state index contributed by atoms with van der Waals surface area (Å²) in [5.41, 5.74) is 0. The topological polar surface area (TPSA) is 37.3 Å². The highest BCUT2D eigenvalue weighted by molar-refractivity contribution is 5.83. The van der Waals surface area contributed by atoms with Gasteiger partial charge in [-0.15, -0.1) is 0 Å². The van der Waals surface area contributed by atoms with Crippen LogP contribution in [-0.2, 0) is 4.79 Å². The number of rotatable bonds is 0. The lowest BCUT2D eigenvalue weighted by atomic mass is 9.87. The lowest BCUT2D eigenvalue weighted by molar-refractivity contribution is -0.132. The van der Waals surface area contributed by atoms with Gasteiger partial charge in [-0.3, -0.25) is 4.79 Å². The first-order chi connectivity index (χ1) is 4.22. The molecule has 52 valence electrons. The summed E-state index contributed by atoms with van der Waals surface area (Å²) in [5, 5.41) is 9.10. The van der Waals surface area contributed by atoms with Gasteiger partial charge < -0.3 is 5.11 Å². The van der Waals surface area contributed by atoms with Gasteiger partial charge in [0.25, 0.3) is 0 Å². The molecule has 0 aromatic carbocycles. The second kappa shape index (κ2) is 2.48. The minimum absolute atomic E-state index is 0.0220. The molecule has 2 nitrogen and oxygen atoms in total. The van der Waals surface area contributed by atoms with E-state index in [1.165, 1.54) is 0 Å². The van der Waals surface area contributed by atoms with E-state index in [0.29, 0.717) is 6.42 Å². The number of hydrogen-bond donors (Lipinski definition) is 1. The minimum atomic E-state index is -0.668. The van der Waals surface area contributed by atoms with Crippen LogP contribution in [0.25, 0.3) is 0 Å². The van der Waals surface area contributed by atoms with Crippen LogP contribution < -0.4 is 0 Å². The van der Waals surface area contributed by atoms with Crippen LogP contribution in [0.2, 0.25) is 0 Å². The van der Waals surface area contributed by atoms with Gasteiger partial charge in [-0.05, 0) is 18.8 Å². The van der Waals surface area contributed by atoms with E-state index in [0.717, 1.165) is 12.8 Å². The van der Waals surface area contributed by atoms with Crippen molar-refractivity contribution >= 4 is 5.78 Å². The molecule has 0 saturated heterocycles. The molecule has 0 spiro atoms. The Morgan fingerprint density at radius 1 is 1.67 bits per heavy atom. The highest BCUT2D eigenvalue weighted by Gasteiger charge is 2.25. The lowest BCUT2D eigenvalue weighted by Gasteiger charge is -2.22. The van der Waals surface area contributed by atoms with Crippen molar-refractivity contribution in [2.45, 2.75) is 32.3 Å². The molecule has 1 aliphatic rings. The van der Waals surface area contributed by atoms with Crippen LogP contribution in [0, 0.1) is 5.92 Å². The first kappa shape index (κ1) is 6.75. The van der Waals surface area contributed by atoms with Crippen LogP contribution in [0.4, 0.5) is 0 Å². The summed E-state index contributed by atoms with van der Waals surface area (Å²) in [7, 11) is 0. The summed E-state index contributed by atoms with van der Waals surface area (Å²) in [6, 6.07) is 0. The third-order valence-electron chi connectivity index (χ3n) is 1.95. The van der Waals surface area contributed by atoms with Gasteiger partial charge in [0, 0.05) is 6.42 Å². The molecule has 0 heterocycles. The van der Waals surface area contributed by atoms with Gasteiger partial charge in [-0.1, -0.05) is 6.92 Å². The SMILES string of the molecule is CC1CCCC(=O)C1O.